The second-order valence-corrected chi connectivity index (χ2v) is 5.22. The van der Waals surface area contributed by atoms with Gasteiger partial charge in [-0.05, 0) is 44.5 Å². The van der Waals surface area contributed by atoms with E-state index in [1.54, 1.807) is 0 Å². The van der Waals surface area contributed by atoms with Crippen molar-refractivity contribution in [3.05, 3.63) is 29.8 Å². The molecule has 0 bridgehead atoms. The minimum atomic E-state index is -0.113. The van der Waals surface area contributed by atoms with Gasteiger partial charge >= 0.3 is 0 Å². The smallest absolute Gasteiger partial charge is 0.120 e. The standard InChI is InChI=1S/C17H23NO2/c1-15-6-2-3-10-18(15)11-13-20-17-9-4-7-16(14-17)8-5-12-19/h4,7,9,14-15,19H,2-3,6,10-13H2,1H3. The molecule has 1 saturated heterocycles. The van der Waals surface area contributed by atoms with E-state index in [-0.39, 0.29) is 6.61 Å². The van der Waals surface area contributed by atoms with Gasteiger partial charge in [-0.15, -0.1) is 0 Å². The van der Waals surface area contributed by atoms with Crippen LogP contribution in [0.1, 0.15) is 31.7 Å². The summed E-state index contributed by atoms with van der Waals surface area (Å²) in [7, 11) is 0. The van der Waals surface area contributed by atoms with E-state index in [1.807, 2.05) is 24.3 Å². The lowest BCUT2D eigenvalue weighted by Crippen LogP contribution is -2.39. The molecule has 20 heavy (non-hydrogen) atoms. The number of likely N-dealkylation sites (tertiary alicyclic amines) is 1. The second-order valence-electron chi connectivity index (χ2n) is 5.22. The van der Waals surface area contributed by atoms with E-state index in [9.17, 15) is 0 Å². The third kappa shape index (κ3) is 4.56. The molecule has 1 aromatic carbocycles. The fourth-order valence-electron chi connectivity index (χ4n) is 2.58. The first-order valence-corrected chi connectivity index (χ1v) is 7.36. The van der Waals surface area contributed by atoms with Gasteiger partial charge in [-0.2, -0.15) is 0 Å². The highest BCUT2D eigenvalue weighted by Gasteiger charge is 2.17. The molecule has 1 aromatic rings. The lowest BCUT2D eigenvalue weighted by atomic mass is 10.0. The van der Waals surface area contributed by atoms with Crippen molar-refractivity contribution < 1.29 is 9.84 Å². The summed E-state index contributed by atoms with van der Waals surface area (Å²) in [4.78, 5) is 2.50. The number of benzene rings is 1. The molecule has 3 nitrogen and oxygen atoms in total. The van der Waals surface area contributed by atoms with Crippen LogP contribution in [0.2, 0.25) is 0 Å². The van der Waals surface area contributed by atoms with E-state index in [0.29, 0.717) is 12.6 Å². The lowest BCUT2D eigenvalue weighted by molar-refractivity contribution is 0.133. The molecule has 0 amide bonds. The number of piperidine rings is 1. The number of aliphatic hydroxyl groups excluding tert-OH is 1. The van der Waals surface area contributed by atoms with E-state index in [2.05, 4.69) is 23.7 Å². The fourth-order valence-corrected chi connectivity index (χ4v) is 2.58. The molecular formula is C17H23NO2. The Bertz CT molecular complexity index is 475. The van der Waals surface area contributed by atoms with Gasteiger partial charge in [0.2, 0.25) is 0 Å². The summed E-state index contributed by atoms with van der Waals surface area (Å²) >= 11 is 0. The molecule has 108 valence electrons. The van der Waals surface area contributed by atoms with Crippen molar-refractivity contribution in [2.24, 2.45) is 0 Å². The summed E-state index contributed by atoms with van der Waals surface area (Å²) in [5, 5.41) is 8.70. The summed E-state index contributed by atoms with van der Waals surface area (Å²) < 4.78 is 5.81. The summed E-state index contributed by atoms with van der Waals surface area (Å²) in [5.74, 6) is 6.38. The van der Waals surface area contributed by atoms with Crippen LogP contribution in [0.15, 0.2) is 24.3 Å². The van der Waals surface area contributed by atoms with E-state index in [0.717, 1.165) is 17.9 Å². The topological polar surface area (TPSA) is 32.7 Å². The van der Waals surface area contributed by atoms with E-state index in [1.165, 1.54) is 25.8 Å². The minimum Gasteiger partial charge on any atom is -0.492 e. The number of rotatable bonds is 4. The van der Waals surface area contributed by atoms with E-state index < -0.39 is 0 Å². The Kier molecular flexibility index (Phi) is 5.91. The molecule has 1 fully saturated rings. The minimum absolute atomic E-state index is 0.113. The van der Waals surface area contributed by atoms with Gasteiger partial charge in [0.25, 0.3) is 0 Å². The zero-order valence-electron chi connectivity index (χ0n) is 12.1. The summed E-state index contributed by atoms with van der Waals surface area (Å²) in [6.07, 6.45) is 3.95. The maximum atomic E-state index is 8.70. The summed E-state index contributed by atoms with van der Waals surface area (Å²) in [6.45, 7) is 5.06. The number of nitrogens with zero attached hydrogens (tertiary/aromatic N) is 1. The van der Waals surface area contributed by atoms with Crippen molar-refractivity contribution in [2.45, 2.75) is 32.2 Å². The zero-order chi connectivity index (χ0) is 14.2. The number of ether oxygens (including phenoxy) is 1. The molecule has 0 radical (unpaired) electrons. The average Bonchev–Trinajstić information content (AvgIpc) is 2.48. The normalized spacial score (nSPS) is 19.2. The fraction of sp³-hybridized carbons (Fsp3) is 0.529. The Morgan fingerprint density at radius 2 is 2.30 bits per heavy atom. The molecule has 1 unspecified atom stereocenters. The van der Waals surface area contributed by atoms with Crippen molar-refractivity contribution in [3.63, 3.8) is 0 Å². The maximum absolute atomic E-state index is 8.70. The maximum Gasteiger partial charge on any atom is 0.120 e. The summed E-state index contributed by atoms with van der Waals surface area (Å²) in [6, 6.07) is 8.39. The van der Waals surface area contributed by atoms with Crippen molar-refractivity contribution in [1.82, 2.24) is 4.90 Å². The van der Waals surface area contributed by atoms with Gasteiger partial charge in [0.15, 0.2) is 0 Å². The van der Waals surface area contributed by atoms with Gasteiger partial charge in [0.1, 0.15) is 19.0 Å². The van der Waals surface area contributed by atoms with Crippen molar-refractivity contribution in [2.75, 3.05) is 26.3 Å². The first kappa shape index (κ1) is 14.9. The Labute approximate surface area is 121 Å². The SMILES string of the molecule is CC1CCCCN1CCOc1cccc(C#CCO)c1. The van der Waals surface area contributed by atoms with Crippen LogP contribution < -0.4 is 4.74 Å². The predicted molar refractivity (Wildman–Crippen MR) is 80.8 cm³/mol. The second kappa shape index (κ2) is 7.94. The molecule has 3 heteroatoms. The van der Waals surface area contributed by atoms with Gasteiger partial charge in [-0.3, -0.25) is 4.90 Å². The first-order valence-electron chi connectivity index (χ1n) is 7.36. The van der Waals surface area contributed by atoms with Crippen LogP contribution in [0.5, 0.6) is 5.75 Å². The first-order chi connectivity index (χ1) is 9.79. The molecule has 1 N–H and O–H groups in total. The molecule has 0 aliphatic carbocycles. The molecule has 1 heterocycles. The number of hydrogen-bond acceptors (Lipinski definition) is 3. The van der Waals surface area contributed by atoms with Gasteiger partial charge in [0, 0.05) is 18.2 Å². The van der Waals surface area contributed by atoms with E-state index in [4.69, 9.17) is 9.84 Å². The van der Waals surface area contributed by atoms with Crippen LogP contribution in [0.25, 0.3) is 0 Å². The third-order valence-electron chi connectivity index (χ3n) is 3.73. The highest BCUT2D eigenvalue weighted by atomic mass is 16.5. The van der Waals surface area contributed by atoms with Gasteiger partial charge in [0.05, 0.1) is 0 Å². The Balaban J connectivity index is 1.81. The molecule has 1 aliphatic heterocycles. The molecule has 0 saturated carbocycles. The monoisotopic (exact) mass is 273 g/mol. The van der Waals surface area contributed by atoms with Crippen LogP contribution in [0.4, 0.5) is 0 Å². The molecule has 0 aromatic heterocycles. The molecule has 1 atom stereocenters. The van der Waals surface area contributed by atoms with Gasteiger partial charge in [-0.25, -0.2) is 0 Å². The highest BCUT2D eigenvalue weighted by molar-refractivity contribution is 5.39. The zero-order valence-corrected chi connectivity index (χ0v) is 12.1. The molecule has 2 rings (SSSR count). The Morgan fingerprint density at radius 1 is 1.40 bits per heavy atom. The largest absolute Gasteiger partial charge is 0.492 e. The van der Waals surface area contributed by atoms with Gasteiger partial charge < -0.3 is 9.84 Å². The van der Waals surface area contributed by atoms with Crippen molar-refractivity contribution >= 4 is 0 Å². The van der Waals surface area contributed by atoms with Crippen LogP contribution in [0, 0.1) is 11.8 Å². The van der Waals surface area contributed by atoms with Crippen LogP contribution in [-0.4, -0.2) is 42.4 Å². The lowest BCUT2D eigenvalue weighted by Gasteiger charge is -2.33. The van der Waals surface area contributed by atoms with Gasteiger partial charge in [-0.1, -0.05) is 24.3 Å². The average molecular weight is 273 g/mol. The van der Waals surface area contributed by atoms with Crippen LogP contribution >= 0.6 is 0 Å². The highest BCUT2D eigenvalue weighted by Crippen LogP contribution is 2.16. The third-order valence-corrected chi connectivity index (χ3v) is 3.73. The summed E-state index contributed by atoms with van der Waals surface area (Å²) in [5.41, 5.74) is 0.878. The predicted octanol–water partition coefficient (Wildman–Crippen LogP) is 2.28. The Hall–Kier alpha value is -1.50. The quantitative estimate of drug-likeness (QED) is 0.854. The number of aliphatic hydroxyl groups is 1. The van der Waals surface area contributed by atoms with E-state index >= 15 is 0 Å². The molecular weight excluding hydrogens is 250 g/mol. The van der Waals surface area contributed by atoms with Crippen molar-refractivity contribution in [3.8, 4) is 17.6 Å². The van der Waals surface area contributed by atoms with Crippen molar-refractivity contribution in [1.29, 1.82) is 0 Å². The molecule has 1 aliphatic rings. The van der Waals surface area contributed by atoms with Crippen LogP contribution in [-0.2, 0) is 0 Å². The molecule has 0 spiro atoms. The van der Waals surface area contributed by atoms with Crippen LogP contribution in [0.3, 0.4) is 0 Å². The Morgan fingerprint density at radius 3 is 3.10 bits per heavy atom. The number of hydrogen-bond donors (Lipinski definition) is 1.